The molecule has 3 fully saturated rings. The smallest absolute Gasteiger partial charge is 0.235 e. The number of hydrogen-bond acceptors (Lipinski definition) is 5. The maximum atomic E-state index is 13.1. The van der Waals surface area contributed by atoms with Crippen molar-refractivity contribution in [2.75, 3.05) is 27.1 Å². The lowest BCUT2D eigenvalue weighted by atomic mass is 9.70. The van der Waals surface area contributed by atoms with Crippen LogP contribution in [0.1, 0.15) is 45.1 Å². The highest BCUT2D eigenvalue weighted by Gasteiger charge is 2.65. The van der Waals surface area contributed by atoms with Gasteiger partial charge in [-0.15, -0.1) is 0 Å². The summed E-state index contributed by atoms with van der Waals surface area (Å²) in [5.74, 6) is 0.171. The average molecular weight is 441 g/mol. The lowest BCUT2D eigenvalue weighted by Gasteiger charge is -2.36. The van der Waals surface area contributed by atoms with Crippen molar-refractivity contribution in [3.8, 4) is 0 Å². The van der Waals surface area contributed by atoms with Gasteiger partial charge in [-0.05, 0) is 55.2 Å². The molecule has 0 unspecified atom stereocenters. The van der Waals surface area contributed by atoms with Crippen LogP contribution >= 0.6 is 0 Å². The van der Waals surface area contributed by atoms with Gasteiger partial charge in [0.15, 0.2) is 0 Å². The third kappa shape index (κ3) is 3.17. The van der Waals surface area contributed by atoms with Gasteiger partial charge in [-0.3, -0.25) is 13.8 Å². The van der Waals surface area contributed by atoms with E-state index in [0.29, 0.717) is 42.7 Å². The highest BCUT2D eigenvalue weighted by atomic mass is 32.2. The van der Waals surface area contributed by atoms with E-state index in [1.807, 2.05) is 13.8 Å². The van der Waals surface area contributed by atoms with Gasteiger partial charge in [0.05, 0.1) is 28.3 Å². The number of aryl methyl sites for hydroxylation is 1. The number of Topliss-reactive ketones (excluding diaryl/α,β-unsaturated/α-hetero) is 1. The molecule has 1 heterocycles. The molecule has 1 saturated heterocycles. The van der Waals surface area contributed by atoms with E-state index < -0.39 is 25.5 Å². The van der Waals surface area contributed by atoms with Crippen molar-refractivity contribution in [1.29, 1.82) is 0 Å². The summed E-state index contributed by atoms with van der Waals surface area (Å²) in [6.07, 6.45) is 2.51. The number of nitrogens with one attached hydrogen (secondary N) is 1. The summed E-state index contributed by atoms with van der Waals surface area (Å²) in [6, 6.07) is 4.99. The van der Waals surface area contributed by atoms with Crippen molar-refractivity contribution in [2.45, 2.75) is 46.5 Å². The maximum absolute atomic E-state index is 13.1. The van der Waals surface area contributed by atoms with Crippen molar-refractivity contribution in [3.05, 3.63) is 23.8 Å². The molecule has 1 N–H and O–H groups in total. The maximum Gasteiger partial charge on any atom is 0.235 e. The Labute approximate surface area is 173 Å². The lowest BCUT2D eigenvalue weighted by molar-refractivity contribution is -0.128. The summed E-state index contributed by atoms with van der Waals surface area (Å²) in [5, 5.41) is 0. The molecule has 3 aliphatic rings. The van der Waals surface area contributed by atoms with Crippen molar-refractivity contribution in [3.63, 3.8) is 0 Å². The van der Waals surface area contributed by atoms with Crippen LogP contribution in [0.3, 0.4) is 0 Å². The molecule has 1 aromatic carbocycles. The van der Waals surface area contributed by atoms with Gasteiger partial charge in [-0.1, -0.05) is 19.9 Å². The molecule has 7 nitrogen and oxygen atoms in total. The number of carbonyl (C=O) groups excluding carboxylic acids is 1. The van der Waals surface area contributed by atoms with E-state index >= 15 is 0 Å². The molecule has 160 valence electrons. The molecule has 4 rings (SSSR count). The molecule has 2 atom stereocenters. The second-order valence-corrected chi connectivity index (χ2v) is 13.0. The van der Waals surface area contributed by atoms with Crippen LogP contribution in [0.25, 0.3) is 0 Å². The summed E-state index contributed by atoms with van der Waals surface area (Å²) in [5.41, 5.74) is 0.348. The normalized spacial score (nSPS) is 30.1. The number of rotatable bonds is 5. The fraction of sp³-hybridized carbons (Fsp3) is 0.650. The first-order chi connectivity index (χ1) is 13.4. The third-order valence-electron chi connectivity index (χ3n) is 7.45. The zero-order valence-corrected chi connectivity index (χ0v) is 18.7. The quantitative estimate of drug-likeness (QED) is 0.759. The van der Waals surface area contributed by atoms with Gasteiger partial charge in [-0.25, -0.2) is 16.8 Å². The Balaban J connectivity index is 1.62. The topological polar surface area (TPSA) is 101 Å². The fourth-order valence-corrected chi connectivity index (χ4v) is 8.95. The van der Waals surface area contributed by atoms with E-state index in [4.69, 9.17) is 0 Å². The van der Waals surface area contributed by atoms with E-state index in [1.165, 1.54) is 4.31 Å². The first-order valence-corrected chi connectivity index (χ1v) is 13.3. The van der Waals surface area contributed by atoms with E-state index in [1.54, 1.807) is 25.1 Å². The minimum Gasteiger partial charge on any atom is -0.299 e. The molecule has 1 aliphatic heterocycles. The summed E-state index contributed by atoms with van der Waals surface area (Å²) in [6.45, 7) is 6.18. The summed E-state index contributed by atoms with van der Waals surface area (Å²) >= 11 is 0. The van der Waals surface area contributed by atoms with Gasteiger partial charge in [0.2, 0.25) is 20.0 Å². The van der Waals surface area contributed by atoms with Crippen LogP contribution in [0.15, 0.2) is 18.2 Å². The van der Waals surface area contributed by atoms with E-state index in [-0.39, 0.29) is 28.6 Å². The molecule has 0 radical (unpaired) electrons. The van der Waals surface area contributed by atoms with Crippen molar-refractivity contribution < 1.29 is 21.6 Å². The Morgan fingerprint density at radius 3 is 2.55 bits per heavy atom. The minimum absolute atomic E-state index is 0.0535. The number of ketones is 1. The SMILES string of the molecule is Cc1ccc(N2CCCS2(=O)=O)cc1NS(=O)(=O)C[C@@]12CC[C@@H](CC1=O)C2(C)C. The number of carbonyl (C=O) groups is 1. The molecule has 0 aromatic heterocycles. The molecular weight excluding hydrogens is 412 g/mol. The minimum atomic E-state index is -3.80. The summed E-state index contributed by atoms with van der Waals surface area (Å²) < 4.78 is 54.6. The van der Waals surface area contributed by atoms with E-state index in [9.17, 15) is 21.6 Å². The predicted molar refractivity (Wildman–Crippen MR) is 113 cm³/mol. The zero-order chi connectivity index (χ0) is 21.2. The number of hydrogen-bond donors (Lipinski definition) is 1. The molecule has 2 saturated carbocycles. The Kier molecular flexibility index (Phi) is 4.59. The van der Waals surface area contributed by atoms with Crippen LogP contribution < -0.4 is 9.03 Å². The average Bonchev–Trinajstić information content (AvgIpc) is 3.13. The number of fused-ring (bicyclic) bond motifs is 2. The van der Waals surface area contributed by atoms with Crippen molar-refractivity contribution >= 4 is 37.2 Å². The van der Waals surface area contributed by atoms with Crippen molar-refractivity contribution in [1.82, 2.24) is 0 Å². The van der Waals surface area contributed by atoms with Gasteiger partial charge in [0.25, 0.3) is 0 Å². The van der Waals surface area contributed by atoms with E-state index in [2.05, 4.69) is 4.72 Å². The molecule has 2 bridgehead atoms. The Morgan fingerprint density at radius 1 is 1.28 bits per heavy atom. The Hall–Kier alpha value is -1.61. The Bertz CT molecular complexity index is 1080. The number of benzene rings is 1. The zero-order valence-electron chi connectivity index (χ0n) is 17.1. The van der Waals surface area contributed by atoms with Crippen LogP contribution in [-0.2, 0) is 24.8 Å². The van der Waals surface area contributed by atoms with Crippen LogP contribution in [0.4, 0.5) is 11.4 Å². The number of sulfonamides is 2. The molecule has 2 aliphatic carbocycles. The van der Waals surface area contributed by atoms with Gasteiger partial charge in [0, 0.05) is 13.0 Å². The van der Waals surface area contributed by atoms with Gasteiger partial charge in [-0.2, -0.15) is 0 Å². The van der Waals surface area contributed by atoms with E-state index in [0.717, 1.165) is 6.42 Å². The van der Waals surface area contributed by atoms with Crippen LogP contribution in [0.2, 0.25) is 0 Å². The molecule has 29 heavy (non-hydrogen) atoms. The lowest BCUT2D eigenvalue weighted by Crippen LogP contribution is -2.43. The summed E-state index contributed by atoms with van der Waals surface area (Å²) in [4.78, 5) is 12.7. The fourth-order valence-electron chi connectivity index (χ4n) is 5.44. The number of anilines is 2. The molecule has 1 aromatic rings. The second-order valence-electron chi connectivity index (χ2n) is 9.27. The number of nitrogens with zero attached hydrogens (tertiary/aromatic N) is 1. The van der Waals surface area contributed by atoms with Crippen molar-refractivity contribution in [2.24, 2.45) is 16.7 Å². The van der Waals surface area contributed by atoms with Crippen LogP contribution in [0.5, 0.6) is 0 Å². The third-order valence-corrected chi connectivity index (χ3v) is 10.7. The summed E-state index contributed by atoms with van der Waals surface area (Å²) in [7, 11) is -7.15. The molecule has 9 heteroatoms. The first kappa shape index (κ1) is 20.7. The first-order valence-electron chi connectivity index (χ1n) is 10.0. The van der Waals surface area contributed by atoms with Crippen LogP contribution in [-0.4, -0.2) is 40.7 Å². The molecular formula is C20H28N2O5S2. The van der Waals surface area contributed by atoms with Crippen LogP contribution in [0, 0.1) is 23.7 Å². The molecule has 0 amide bonds. The standard InChI is InChI=1S/C20H28N2O5S2/c1-14-5-6-16(22-9-4-10-29(22,26)27)12-17(14)21-28(24,25)13-20-8-7-15(11-18(20)23)19(20,2)3/h5-6,12,15,21H,4,7-11,13H2,1-3H3/t15-,20-/m0/s1. The predicted octanol–water partition coefficient (Wildman–Crippen LogP) is 2.67. The molecule has 0 spiro atoms. The van der Waals surface area contributed by atoms with Gasteiger partial charge in [0.1, 0.15) is 5.78 Å². The largest absolute Gasteiger partial charge is 0.299 e. The monoisotopic (exact) mass is 440 g/mol. The van der Waals surface area contributed by atoms with Gasteiger partial charge < -0.3 is 0 Å². The second kappa shape index (κ2) is 6.44. The Morgan fingerprint density at radius 2 is 2.00 bits per heavy atom. The van der Waals surface area contributed by atoms with Gasteiger partial charge >= 0.3 is 0 Å². The highest BCUT2D eigenvalue weighted by Crippen LogP contribution is 2.64. The highest BCUT2D eigenvalue weighted by molar-refractivity contribution is 7.93.